The zero-order valence-corrected chi connectivity index (χ0v) is 22.3. The van der Waals surface area contributed by atoms with Gasteiger partial charge in [-0.25, -0.2) is 4.79 Å². The maximum Gasteiger partial charge on any atom is 0.341 e. The van der Waals surface area contributed by atoms with Crippen LogP contribution in [0.3, 0.4) is 0 Å². The van der Waals surface area contributed by atoms with Gasteiger partial charge < -0.3 is 10.1 Å². The molecule has 2 heterocycles. The summed E-state index contributed by atoms with van der Waals surface area (Å²) in [6.45, 7) is 4.15. The first-order valence-corrected chi connectivity index (χ1v) is 14.5. The Labute approximate surface area is 220 Å². The van der Waals surface area contributed by atoms with Gasteiger partial charge in [-0.15, -0.1) is 11.3 Å². The van der Waals surface area contributed by atoms with Crippen molar-refractivity contribution in [2.75, 3.05) is 11.9 Å². The summed E-state index contributed by atoms with van der Waals surface area (Å²) < 4.78 is 7.08. The van der Waals surface area contributed by atoms with E-state index in [2.05, 4.69) is 17.3 Å². The Hall–Kier alpha value is -2.75. The predicted molar refractivity (Wildman–Crippen MR) is 139 cm³/mol. The van der Waals surface area contributed by atoms with Gasteiger partial charge in [0.1, 0.15) is 11.2 Å². The molecular weight excluding hydrogens is 492 g/mol. The van der Waals surface area contributed by atoms with Gasteiger partial charge in [0.2, 0.25) is 5.69 Å². The summed E-state index contributed by atoms with van der Waals surface area (Å²) in [4.78, 5) is 39.0. The standard InChI is InChI=1S/C27H34N4O5S/c1-3-15-5-6-19-21(10-15)37-25(22(19)26(33)36-4-2)28-24(32)23-20(31(34)35)14-30(29-23)27-11-16-7-17(12-27)9-18(8-16)13-27/h14-18H,3-13H2,1-2H3,(H,28,32)/t15-,16?,17?,18?,27?/m1/s1. The van der Waals surface area contributed by atoms with Crippen LogP contribution in [-0.4, -0.2) is 33.2 Å². The second kappa shape index (κ2) is 9.22. The number of esters is 1. The highest BCUT2D eigenvalue weighted by Crippen LogP contribution is 2.58. The van der Waals surface area contributed by atoms with Crippen molar-refractivity contribution in [3.63, 3.8) is 0 Å². The number of nitrogens with one attached hydrogen (secondary N) is 1. The molecule has 0 radical (unpaired) electrons. The van der Waals surface area contributed by atoms with Gasteiger partial charge in [-0.1, -0.05) is 13.3 Å². The van der Waals surface area contributed by atoms with Crippen molar-refractivity contribution in [3.8, 4) is 0 Å². The largest absolute Gasteiger partial charge is 0.462 e. The third-order valence-corrected chi connectivity index (χ3v) is 10.4. The lowest BCUT2D eigenvalue weighted by Crippen LogP contribution is -2.52. The smallest absolute Gasteiger partial charge is 0.341 e. The Morgan fingerprint density at radius 1 is 1.22 bits per heavy atom. The van der Waals surface area contributed by atoms with Crippen LogP contribution in [0.15, 0.2) is 6.20 Å². The van der Waals surface area contributed by atoms with Crippen molar-refractivity contribution in [1.29, 1.82) is 0 Å². The molecule has 4 bridgehead atoms. The minimum Gasteiger partial charge on any atom is -0.462 e. The molecule has 7 rings (SSSR count). The minimum absolute atomic E-state index is 0.187. The van der Waals surface area contributed by atoms with E-state index >= 15 is 0 Å². The summed E-state index contributed by atoms with van der Waals surface area (Å²) >= 11 is 1.39. The average Bonchev–Trinajstić information content (AvgIpc) is 3.45. The van der Waals surface area contributed by atoms with Crippen LogP contribution in [-0.2, 0) is 23.1 Å². The molecule has 5 aliphatic rings. The van der Waals surface area contributed by atoms with E-state index in [1.54, 1.807) is 11.6 Å². The van der Waals surface area contributed by atoms with Crippen LogP contribution in [0.5, 0.6) is 0 Å². The number of fused-ring (bicyclic) bond motifs is 1. The lowest BCUT2D eigenvalue weighted by molar-refractivity contribution is -0.385. The summed E-state index contributed by atoms with van der Waals surface area (Å²) in [5, 5.41) is 19.8. The van der Waals surface area contributed by atoms with Gasteiger partial charge in [-0.3, -0.25) is 19.6 Å². The second-order valence-corrected chi connectivity index (χ2v) is 12.7. The number of carbonyl (C=O) groups is 2. The highest BCUT2D eigenvalue weighted by Gasteiger charge is 2.53. The fourth-order valence-corrected chi connectivity index (χ4v) is 9.27. The van der Waals surface area contributed by atoms with E-state index in [4.69, 9.17) is 4.74 Å². The van der Waals surface area contributed by atoms with Crippen molar-refractivity contribution in [3.05, 3.63) is 38.0 Å². The van der Waals surface area contributed by atoms with Gasteiger partial charge in [0.25, 0.3) is 5.91 Å². The van der Waals surface area contributed by atoms with Crippen LogP contribution < -0.4 is 5.32 Å². The van der Waals surface area contributed by atoms with E-state index in [9.17, 15) is 19.7 Å². The summed E-state index contributed by atoms with van der Waals surface area (Å²) in [7, 11) is 0. The van der Waals surface area contributed by atoms with Gasteiger partial charge in [0.05, 0.1) is 22.6 Å². The number of aromatic nitrogens is 2. The number of ether oxygens (including phenoxy) is 1. The number of thiophene rings is 1. The van der Waals surface area contributed by atoms with Crippen LogP contribution >= 0.6 is 11.3 Å². The molecule has 1 N–H and O–H groups in total. The van der Waals surface area contributed by atoms with E-state index in [1.807, 2.05) is 0 Å². The molecule has 9 nitrogen and oxygen atoms in total. The molecule has 1 amide bonds. The van der Waals surface area contributed by atoms with Crippen LogP contribution in [0.25, 0.3) is 0 Å². The van der Waals surface area contributed by atoms with E-state index in [1.165, 1.54) is 36.8 Å². The Kier molecular flexibility index (Phi) is 6.12. The molecule has 5 aliphatic carbocycles. The molecule has 0 saturated heterocycles. The molecule has 4 fully saturated rings. The predicted octanol–water partition coefficient (Wildman–Crippen LogP) is 5.72. The quantitative estimate of drug-likeness (QED) is 0.280. The fraction of sp³-hybridized carbons (Fsp3) is 0.667. The first kappa shape index (κ1) is 24.6. The minimum atomic E-state index is -0.647. The maximum absolute atomic E-state index is 13.5. The Morgan fingerprint density at radius 2 is 1.89 bits per heavy atom. The first-order valence-electron chi connectivity index (χ1n) is 13.7. The zero-order valence-electron chi connectivity index (χ0n) is 21.5. The van der Waals surface area contributed by atoms with Gasteiger partial charge >= 0.3 is 11.7 Å². The van der Waals surface area contributed by atoms with Crippen LogP contribution in [0.4, 0.5) is 10.7 Å². The van der Waals surface area contributed by atoms with E-state index in [0.29, 0.717) is 34.2 Å². The van der Waals surface area contributed by atoms with Crippen molar-refractivity contribution in [2.45, 2.75) is 83.6 Å². The van der Waals surface area contributed by atoms with Gasteiger partial charge in [-0.05, 0) is 93.9 Å². The fourth-order valence-electron chi connectivity index (χ4n) is 7.92. The first-order chi connectivity index (χ1) is 17.8. The number of hydrogen-bond acceptors (Lipinski definition) is 7. The third kappa shape index (κ3) is 4.17. The number of nitrogens with zero attached hydrogens (tertiary/aromatic N) is 3. The molecule has 37 heavy (non-hydrogen) atoms. The monoisotopic (exact) mass is 526 g/mol. The topological polar surface area (TPSA) is 116 Å². The number of nitro groups is 1. The summed E-state index contributed by atoms with van der Waals surface area (Å²) in [5.74, 6) is 1.36. The molecule has 2 aromatic rings. The number of anilines is 1. The van der Waals surface area contributed by atoms with Gasteiger partial charge in [-0.2, -0.15) is 5.10 Å². The lowest BCUT2D eigenvalue weighted by atomic mass is 9.53. The number of carbonyl (C=O) groups excluding carboxylic acids is 2. The Morgan fingerprint density at radius 3 is 2.49 bits per heavy atom. The van der Waals surface area contributed by atoms with Crippen molar-refractivity contribution >= 4 is 33.9 Å². The van der Waals surface area contributed by atoms with Gasteiger partial charge in [0, 0.05) is 4.88 Å². The Bertz CT molecular complexity index is 1230. The second-order valence-electron chi connectivity index (χ2n) is 11.6. The van der Waals surface area contributed by atoms with Crippen molar-refractivity contribution < 1.29 is 19.2 Å². The molecular formula is C27H34N4O5S. The Balaban J connectivity index is 1.33. The summed E-state index contributed by atoms with van der Waals surface area (Å²) in [5.41, 5.74) is 0.641. The van der Waals surface area contributed by atoms with Crippen molar-refractivity contribution in [2.24, 2.45) is 23.7 Å². The number of hydrogen-bond donors (Lipinski definition) is 1. The summed E-state index contributed by atoms with van der Waals surface area (Å²) in [6.07, 6.45) is 11.8. The normalized spacial score (nSPS) is 29.7. The molecule has 1 atom stereocenters. The van der Waals surface area contributed by atoms with Crippen molar-refractivity contribution in [1.82, 2.24) is 9.78 Å². The molecule has 10 heteroatoms. The molecule has 0 aliphatic heterocycles. The molecule has 0 spiro atoms. The van der Waals surface area contributed by atoms with E-state index in [-0.39, 0.29) is 23.5 Å². The third-order valence-electron chi connectivity index (χ3n) is 9.25. The molecule has 2 aromatic heterocycles. The number of amides is 1. The number of rotatable bonds is 7. The van der Waals surface area contributed by atoms with E-state index in [0.717, 1.165) is 55.4 Å². The molecule has 4 saturated carbocycles. The lowest BCUT2D eigenvalue weighted by Gasteiger charge is -2.56. The van der Waals surface area contributed by atoms with Crippen LogP contribution in [0.1, 0.15) is 96.5 Å². The summed E-state index contributed by atoms with van der Waals surface area (Å²) in [6, 6.07) is 0. The van der Waals surface area contributed by atoms with Crippen LogP contribution in [0.2, 0.25) is 0 Å². The molecule has 0 aromatic carbocycles. The van der Waals surface area contributed by atoms with E-state index < -0.39 is 16.8 Å². The van der Waals surface area contributed by atoms with Gasteiger partial charge in [0.15, 0.2) is 0 Å². The zero-order chi connectivity index (χ0) is 25.9. The SMILES string of the molecule is CCOC(=O)c1c(NC(=O)c2nn(C34CC5CC(CC(C5)C3)C4)cc2[N+](=O)[O-])sc2c1CC[C@@H](CC)C2. The average molecular weight is 527 g/mol. The highest BCUT2D eigenvalue weighted by molar-refractivity contribution is 7.17. The van der Waals surface area contributed by atoms with Crippen LogP contribution in [0, 0.1) is 33.8 Å². The molecule has 198 valence electrons. The molecule has 0 unspecified atom stereocenters. The highest BCUT2D eigenvalue weighted by atomic mass is 32.1. The maximum atomic E-state index is 13.5.